The molecule has 1 aromatic carbocycles. The maximum atomic E-state index is 11.9. The first kappa shape index (κ1) is 20.6. The van der Waals surface area contributed by atoms with Gasteiger partial charge in [0, 0.05) is 51.5 Å². The Morgan fingerprint density at radius 2 is 2.15 bits per heavy atom. The van der Waals surface area contributed by atoms with Crippen molar-refractivity contribution in [2.75, 3.05) is 59.7 Å². The number of thioether (sulfide) groups is 1. The normalized spacial score (nSPS) is 17.4. The molecule has 0 bridgehead atoms. The summed E-state index contributed by atoms with van der Waals surface area (Å²) in [4.78, 5) is 21.5. The number of likely N-dealkylation sites (tertiary alicyclic amines) is 1. The van der Waals surface area contributed by atoms with Crippen molar-refractivity contribution in [1.82, 2.24) is 15.1 Å². The van der Waals surface area contributed by atoms with Crippen LogP contribution in [0.25, 0.3) is 0 Å². The van der Waals surface area contributed by atoms with E-state index in [-0.39, 0.29) is 12.5 Å². The Hall–Kier alpha value is -1.73. The SMILES string of the molecule is COCCNC(=NCC(=O)N(C)C)N1CCC(CSc2ccccc2)C1. The molecule has 26 heavy (non-hydrogen) atoms. The predicted molar refractivity (Wildman–Crippen MR) is 108 cm³/mol. The summed E-state index contributed by atoms with van der Waals surface area (Å²) in [6.45, 7) is 3.40. The molecule has 6 nitrogen and oxygen atoms in total. The lowest BCUT2D eigenvalue weighted by atomic mass is 10.2. The van der Waals surface area contributed by atoms with Crippen LogP contribution in [0.15, 0.2) is 40.2 Å². The lowest BCUT2D eigenvalue weighted by Gasteiger charge is -2.22. The van der Waals surface area contributed by atoms with Crippen molar-refractivity contribution in [2.45, 2.75) is 11.3 Å². The topological polar surface area (TPSA) is 57.2 Å². The minimum Gasteiger partial charge on any atom is -0.383 e. The maximum Gasteiger partial charge on any atom is 0.243 e. The van der Waals surface area contributed by atoms with Crippen LogP contribution in [0.3, 0.4) is 0 Å². The quantitative estimate of drug-likeness (QED) is 0.323. The fraction of sp³-hybridized carbons (Fsp3) is 0.579. The molecule has 1 amide bonds. The Labute approximate surface area is 161 Å². The zero-order chi connectivity index (χ0) is 18.8. The van der Waals surface area contributed by atoms with Gasteiger partial charge in [-0.05, 0) is 24.5 Å². The highest BCUT2D eigenvalue weighted by molar-refractivity contribution is 7.99. The summed E-state index contributed by atoms with van der Waals surface area (Å²) in [5, 5.41) is 3.32. The molecule has 7 heteroatoms. The molecule has 1 aromatic rings. The number of methoxy groups -OCH3 is 1. The third-order valence-corrected chi connectivity index (χ3v) is 5.51. The summed E-state index contributed by atoms with van der Waals surface area (Å²) in [5.41, 5.74) is 0. The number of nitrogens with one attached hydrogen (secondary N) is 1. The number of ether oxygens (including phenoxy) is 1. The number of rotatable bonds is 8. The molecule has 0 saturated carbocycles. The highest BCUT2D eigenvalue weighted by Crippen LogP contribution is 2.25. The molecular weight excluding hydrogens is 348 g/mol. The van der Waals surface area contributed by atoms with Gasteiger partial charge in [0.25, 0.3) is 0 Å². The summed E-state index contributed by atoms with van der Waals surface area (Å²) in [6.07, 6.45) is 1.15. The number of amides is 1. The summed E-state index contributed by atoms with van der Waals surface area (Å²) in [5.74, 6) is 2.54. The number of nitrogens with zero attached hydrogens (tertiary/aromatic N) is 3. The number of hydrogen-bond acceptors (Lipinski definition) is 4. The van der Waals surface area contributed by atoms with Crippen molar-refractivity contribution in [2.24, 2.45) is 10.9 Å². The van der Waals surface area contributed by atoms with E-state index in [9.17, 15) is 4.79 Å². The van der Waals surface area contributed by atoms with E-state index in [1.165, 1.54) is 4.90 Å². The van der Waals surface area contributed by atoms with Crippen LogP contribution in [0.1, 0.15) is 6.42 Å². The van der Waals surface area contributed by atoms with Gasteiger partial charge in [-0.15, -0.1) is 11.8 Å². The summed E-state index contributed by atoms with van der Waals surface area (Å²) in [6, 6.07) is 10.5. The minimum absolute atomic E-state index is 0.00595. The molecule has 0 aliphatic carbocycles. The van der Waals surface area contributed by atoms with E-state index in [2.05, 4.69) is 39.5 Å². The van der Waals surface area contributed by atoms with Gasteiger partial charge in [0.2, 0.25) is 5.91 Å². The van der Waals surface area contributed by atoms with Gasteiger partial charge in [-0.3, -0.25) is 4.79 Å². The van der Waals surface area contributed by atoms with E-state index < -0.39 is 0 Å². The van der Waals surface area contributed by atoms with Gasteiger partial charge in [0.15, 0.2) is 5.96 Å². The summed E-state index contributed by atoms with van der Waals surface area (Å²) in [7, 11) is 5.19. The van der Waals surface area contributed by atoms with Gasteiger partial charge in [-0.1, -0.05) is 18.2 Å². The van der Waals surface area contributed by atoms with Crippen molar-refractivity contribution in [3.63, 3.8) is 0 Å². The Balaban J connectivity index is 1.88. The number of aliphatic imine (C=N–C) groups is 1. The average Bonchev–Trinajstić information content (AvgIpc) is 3.12. The number of carbonyl (C=O) groups excluding carboxylic acids is 1. The minimum atomic E-state index is 0.00595. The smallest absolute Gasteiger partial charge is 0.243 e. The third-order valence-electron chi connectivity index (χ3n) is 4.27. The van der Waals surface area contributed by atoms with E-state index in [1.807, 2.05) is 17.8 Å². The third kappa shape index (κ3) is 6.88. The molecule has 1 heterocycles. The van der Waals surface area contributed by atoms with Crippen LogP contribution in [0.4, 0.5) is 0 Å². The molecule has 2 rings (SSSR count). The molecule has 1 fully saturated rings. The van der Waals surface area contributed by atoms with Crippen LogP contribution in [0.2, 0.25) is 0 Å². The second kappa shape index (κ2) is 11.1. The van der Waals surface area contributed by atoms with Crippen LogP contribution in [0.5, 0.6) is 0 Å². The first-order valence-electron chi connectivity index (χ1n) is 9.00. The van der Waals surface area contributed by atoms with Gasteiger partial charge in [0.05, 0.1) is 6.61 Å². The zero-order valence-electron chi connectivity index (χ0n) is 16.0. The Bertz CT molecular complexity index is 580. The van der Waals surface area contributed by atoms with Crippen molar-refractivity contribution in [3.8, 4) is 0 Å². The van der Waals surface area contributed by atoms with E-state index in [0.717, 1.165) is 31.2 Å². The van der Waals surface area contributed by atoms with Crippen LogP contribution >= 0.6 is 11.8 Å². The van der Waals surface area contributed by atoms with Crippen molar-refractivity contribution < 1.29 is 9.53 Å². The summed E-state index contributed by atoms with van der Waals surface area (Å²) >= 11 is 1.91. The maximum absolute atomic E-state index is 11.9. The lowest BCUT2D eigenvalue weighted by molar-refractivity contribution is -0.127. The number of benzene rings is 1. The lowest BCUT2D eigenvalue weighted by Crippen LogP contribution is -2.42. The van der Waals surface area contributed by atoms with Crippen LogP contribution < -0.4 is 5.32 Å². The van der Waals surface area contributed by atoms with Gasteiger partial charge < -0.3 is 19.9 Å². The van der Waals surface area contributed by atoms with Gasteiger partial charge in [-0.25, -0.2) is 4.99 Å². The zero-order valence-corrected chi connectivity index (χ0v) is 16.8. The van der Waals surface area contributed by atoms with Crippen LogP contribution in [-0.2, 0) is 9.53 Å². The first-order valence-corrected chi connectivity index (χ1v) is 9.99. The van der Waals surface area contributed by atoms with E-state index in [0.29, 0.717) is 19.1 Å². The van der Waals surface area contributed by atoms with Crippen molar-refractivity contribution >= 4 is 23.6 Å². The number of guanidine groups is 1. The molecule has 0 spiro atoms. The fourth-order valence-corrected chi connectivity index (χ4v) is 3.76. The second-order valence-electron chi connectivity index (χ2n) is 6.57. The number of likely N-dealkylation sites (N-methyl/N-ethyl adjacent to an activating group) is 1. The predicted octanol–water partition coefficient (Wildman–Crippen LogP) is 1.78. The highest BCUT2D eigenvalue weighted by Gasteiger charge is 2.25. The molecule has 1 saturated heterocycles. The summed E-state index contributed by atoms with van der Waals surface area (Å²) < 4.78 is 5.11. The second-order valence-corrected chi connectivity index (χ2v) is 7.67. The van der Waals surface area contributed by atoms with Crippen LogP contribution in [-0.4, -0.2) is 81.4 Å². The highest BCUT2D eigenvalue weighted by atomic mass is 32.2. The molecule has 144 valence electrons. The van der Waals surface area contributed by atoms with Crippen LogP contribution in [0, 0.1) is 5.92 Å². The monoisotopic (exact) mass is 378 g/mol. The molecular formula is C19H30N4O2S. The molecule has 1 unspecified atom stereocenters. The van der Waals surface area contributed by atoms with Gasteiger partial charge in [0.1, 0.15) is 6.54 Å². The standard InChI is InChI=1S/C19H30N4O2S/c1-22(2)18(24)13-21-19(20-10-12-25-3)23-11-9-16(14-23)15-26-17-7-5-4-6-8-17/h4-8,16H,9-15H2,1-3H3,(H,20,21). The molecule has 1 aliphatic heterocycles. The van der Waals surface area contributed by atoms with Crippen molar-refractivity contribution in [3.05, 3.63) is 30.3 Å². The van der Waals surface area contributed by atoms with Crippen molar-refractivity contribution in [1.29, 1.82) is 0 Å². The number of hydrogen-bond donors (Lipinski definition) is 1. The molecule has 0 radical (unpaired) electrons. The largest absolute Gasteiger partial charge is 0.383 e. The first-order chi connectivity index (χ1) is 12.6. The van der Waals surface area contributed by atoms with E-state index in [1.54, 1.807) is 26.1 Å². The Morgan fingerprint density at radius 3 is 2.85 bits per heavy atom. The molecule has 1 atom stereocenters. The molecule has 1 aliphatic rings. The fourth-order valence-electron chi connectivity index (χ4n) is 2.71. The number of carbonyl (C=O) groups is 1. The molecule has 0 aromatic heterocycles. The Kier molecular flexibility index (Phi) is 8.77. The van der Waals surface area contributed by atoms with E-state index >= 15 is 0 Å². The van der Waals surface area contributed by atoms with Gasteiger partial charge >= 0.3 is 0 Å². The average molecular weight is 379 g/mol. The molecule has 1 N–H and O–H groups in total. The van der Waals surface area contributed by atoms with E-state index in [4.69, 9.17) is 4.74 Å². The van der Waals surface area contributed by atoms with Gasteiger partial charge in [-0.2, -0.15) is 0 Å². The Morgan fingerprint density at radius 1 is 1.38 bits per heavy atom.